The molecule has 0 spiro atoms. The van der Waals surface area contributed by atoms with E-state index in [1.807, 2.05) is 18.2 Å². The molecule has 1 aromatic carbocycles. The minimum atomic E-state index is 0.300. The highest BCUT2D eigenvalue weighted by atomic mass is 16.5. The molecule has 1 heterocycles. The van der Waals surface area contributed by atoms with Crippen LogP contribution in [0, 0.1) is 6.92 Å². The first-order valence-electron chi connectivity index (χ1n) is 6.49. The molecule has 0 fully saturated rings. The van der Waals surface area contributed by atoms with Gasteiger partial charge in [-0.15, -0.1) is 0 Å². The molecule has 0 saturated heterocycles. The average Bonchev–Trinajstić information content (AvgIpc) is 2.45. The maximum atomic E-state index is 5.13. The molecule has 1 atom stereocenters. The quantitative estimate of drug-likeness (QED) is 0.891. The monoisotopic (exact) mass is 256 g/mol. The number of benzene rings is 1. The van der Waals surface area contributed by atoms with Crippen LogP contribution in [0.4, 0.5) is 0 Å². The number of rotatable bonds is 5. The van der Waals surface area contributed by atoms with Crippen molar-refractivity contribution in [3.8, 4) is 5.88 Å². The Kier molecular flexibility index (Phi) is 4.53. The summed E-state index contributed by atoms with van der Waals surface area (Å²) in [7, 11) is 1.63. The first-order chi connectivity index (χ1) is 9.20. The third-order valence-electron chi connectivity index (χ3n) is 3.23. The van der Waals surface area contributed by atoms with Crippen molar-refractivity contribution in [1.29, 1.82) is 0 Å². The summed E-state index contributed by atoms with van der Waals surface area (Å²) in [5.41, 5.74) is 3.62. The Labute approximate surface area is 114 Å². The molecule has 3 heteroatoms. The zero-order valence-electron chi connectivity index (χ0n) is 11.7. The third-order valence-corrected chi connectivity index (χ3v) is 3.23. The van der Waals surface area contributed by atoms with Crippen molar-refractivity contribution in [1.82, 2.24) is 10.3 Å². The van der Waals surface area contributed by atoms with Gasteiger partial charge in [-0.05, 0) is 31.0 Å². The van der Waals surface area contributed by atoms with Crippen LogP contribution in [0.2, 0.25) is 0 Å². The first-order valence-corrected chi connectivity index (χ1v) is 6.49. The third kappa shape index (κ3) is 3.55. The van der Waals surface area contributed by atoms with Crippen LogP contribution in [0.15, 0.2) is 42.5 Å². The molecule has 0 unspecified atom stereocenters. The zero-order valence-corrected chi connectivity index (χ0v) is 11.7. The summed E-state index contributed by atoms with van der Waals surface area (Å²) in [5, 5.41) is 3.49. The van der Waals surface area contributed by atoms with E-state index in [2.05, 4.69) is 48.4 Å². The number of hydrogen-bond acceptors (Lipinski definition) is 3. The number of methoxy groups -OCH3 is 1. The summed E-state index contributed by atoms with van der Waals surface area (Å²) in [6, 6.07) is 14.5. The van der Waals surface area contributed by atoms with Gasteiger partial charge in [-0.25, -0.2) is 4.98 Å². The van der Waals surface area contributed by atoms with Crippen molar-refractivity contribution in [3.05, 3.63) is 59.3 Å². The standard InChI is InChI=1S/C16H20N2O/c1-12-7-4-5-9-15(12)13(2)17-11-14-8-6-10-16(18-14)19-3/h4-10,13,17H,11H2,1-3H3/t13-/m0/s1. The molecule has 0 aliphatic rings. The van der Waals surface area contributed by atoms with Crippen molar-refractivity contribution >= 4 is 0 Å². The lowest BCUT2D eigenvalue weighted by Crippen LogP contribution is -2.19. The van der Waals surface area contributed by atoms with Crippen LogP contribution in [0.5, 0.6) is 5.88 Å². The van der Waals surface area contributed by atoms with Crippen molar-refractivity contribution in [2.75, 3.05) is 7.11 Å². The van der Waals surface area contributed by atoms with E-state index in [-0.39, 0.29) is 0 Å². The highest BCUT2D eigenvalue weighted by Gasteiger charge is 2.07. The van der Waals surface area contributed by atoms with Crippen LogP contribution in [-0.2, 0) is 6.54 Å². The number of pyridine rings is 1. The normalized spacial score (nSPS) is 12.2. The van der Waals surface area contributed by atoms with E-state index in [0.29, 0.717) is 11.9 Å². The van der Waals surface area contributed by atoms with Crippen LogP contribution in [0.25, 0.3) is 0 Å². The van der Waals surface area contributed by atoms with Gasteiger partial charge >= 0.3 is 0 Å². The first kappa shape index (κ1) is 13.6. The maximum absolute atomic E-state index is 5.13. The molecule has 1 aromatic heterocycles. The topological polar surface area (TPSA) is 34.1 Å². The van der Waals surface area contributed by atoms with Gasteiger partial charge in [-0.3, -0.25) is 0 Å². The molecule has 100 valence electrons. The van der Waals surface area contributed by atoms with Crippen LogP contribution >= 0.6 is 0 Å². The van der Waals surface area contributed by atoms with E-state index >= 15 is 0 Å². The minimum Gasteiger partial charge on any atom is -0.481 e. The second kappa shape index (κ2) is 6.34. The highest BCUT2D eigenvalue weighted by molar-refractivity contribution is 5.28. The van der Waals surface area contributed by atoms with Crippen molar-refractivity contribution in [3.63, 3.8) is 0 Å². The summed E-state index contributed by atoms with van der Waals surface area (Å²) in [6.07, 6.45) is 0. The molecule has 1 N–H and O–H groups in total. The van der Waals surface area contributed by atoms with Crippen LogP contribution < -0.4 is 10.1 Å². The van der Waals surface area contributed by atoms with E-state index in [1.165, 1.54) is 11.1 Å². The number of nitrogens with zero attached hydrogens (tertiary/aromatic N) is 1. The summed E-state index contributed by atoms with van der Waals surface area (Å²) >= 11 is 0. The number of hydrogen-bond donors (Lipinski definition) is 1. The van der Waals surface area contributed by atoms with Crippen molar-refractivity contribution in [2.24, 2.45) is 0 Å². The Hall–Kier alpha value is -1.87. The Morgan fingerprint density at radius 3 is 2.68 bits per heavy atom. The van der Waals surface area contributed by atoms with Gasteiger partial charge in [0.1, 0.15) is 0 Å². The number of aryl methyl sites for hydroxylation is 1. The minimum absolute atomic E-state index is 0.300. The van der Waals surface area contributed by atoms with Gasteiger partial charge in [0.05, 0.1) is 12.8 Å². The molecule has 0 aliphatic carbocycles. The predicted molar refractivity (Wildman–Crippen MR) is 77.2 cm³/mol. The molecular formula is C16H20N2O. The van der Waals surface area contributed by atoms with Gasteiger partial charge in [-0.1, -0.05) is 30.3 Å². The summed E-state index contributed by atoms with van der Waals surface area (Å²) < 4.78 is 5.13. The van der Waals surface area contributed by atoms with Gasteiger partial charge in [0.15, 0.2) is 0 Å². The lowest BCUT2D eigenvalue weighted by molar-refractivity contribution is 0.395. The van der Waals surface area contributed by atoms with Gasteiger partial charge < -0.3 is 10.1 Å². The summed E-state index contributed by atoms with van der Waals surface area (Å²) in [4.78, 5) is 4.39. The second-order valence-electron chi connectivity index (χ2n) is 4.63. The van der Waals surface area contributed by atoms with E-state index in [1.54, 1.807) is 7.11 Å². The van der Waals surface area contributed by atoms with E-state index in [0.717, 1.165) is 12.2 Å². The zero-order chi connectivity index (χ0) is 13.7. The SMILES string of the molecule is COc1cccc(CN[C@@H](C)c2ccccc2C)n1. The van der Waals surface area contributed by atoms with Crippen molar-refractivity contribution in [2.45, 2.75) is 26.4 Å². The van der Waals surface area contributed by atoms with Gasteiger partial charge in [0.2, 0.25) is 5.88 Å². The van der Waals surface area contributed by atoms with E-state index in [9.17, 15) is 0 Å². The molecule has 0 bridgehead atoms. The van der Waals surface area contributed by atoms with Crippen LogP contribution in [0.3, 0.4) is 0 Å². The number of aromatic nitrogens is 1. The maximum Gasteiger partial charge on any atom is 0.213 e. The molecular weight excluding hydrogens is 236 g/mol. The average molecular weight is 256 g/mol. The molecule has 3 nitrogen and oxygen atoms in total. The van der Waals surface area contributed by atoms with Crippen LogP contribution in [0.1, 0.15) is 29.8 Å². The molecule has 0 radical (unpaired) electrons. The van der Waals surface area contributed by atoms with Crippen LogP contribution in [-0.4, -0.2) is 12.1 Å². The Morgan fingerprint density at radius 2 is 1.95 bits per heavy atom. The molecule has 2 aromatic rings. The predicted octanol–water partition coefficient (Wildman–Crippen LogP) is 3.25. The lowest BCUT2D eigenvalue weighted by Gasteiger charge is -2.16. The van der Waals surface area contributed by atoms with Gasteiger partial charge in [-0.2, -0.15) is 0 Å². The van der Waals surface area contributed by atoms with E-state index < -0.39 is 0 Å². The smallest absolute Gasteiger partial charge is 0.213 e. The fourth-order valence-electron chi connectivity index (χ4n) is 2.11. The summed E-state index contributed by atoms with van der Waals surface area (Å²) in [6.45, 7) is 5.03. The largest absolute Gasteiger partial charge is 0.481 e. The molecule has 0 aliphatic heterocycles. The molecule has 2 rings (SSSR count). The Bertz CT molecular complexity index is 540. The van der Waals surface area contributed by atoms with Gasteiger partial charge in [0.25, 0.3) is 0 Å². The number of nitrogens with one attached hydrogen (secondary N) is 1. The summed E-state index contributed by atoms with van der Waals surface area (Å²) in [5.74, 6) is 0.655. The fourth-order valence-corrected chi connectivity index (χ4v) is 2.11. The fraction of sp³-hybridized carbons (Fsp3) is 0.312. The molecule has 19 heavy (non-hydrogen) atoms. The van der Waals surface area contributed by atoms with Gasteiger partial charge in [0, 0.05) is 18.7 Å². The molecule has 0 amide bonds. The Balaban J connectivity index is 2.00. The Morgan fingerprint density at radius 1 is 1.16 bits per heavy atom. The highest BCUT2D eigenvalue weighted by Crippen LogP contribution is 2.17. The second-order valence-corrected chi connectivity index (χ2v) is 4.63. The molecule has 0 saturated carbocycles. The van der Waals surface area contributed by atoms with Crippen molar-refractivity contribution < 1.29 is 4.74 Å². The lowest BCUT2D eigenvalue weighted by atomic mass is 10.0. The van der Waals surface area contributed by atoms with E-state index in [4.69, 9.17) is 4.74 Å². The number of ether oxygens (including phenoxy) is 1.